The maximum Gasteiger partial charge on any atom is 0.325 e. The number of imide groups is 1. The van der Waals surface area contributed by atoms with Crippen LogP contribution in [0.5, 0.6) is 5.75 Å². The molecule has 152 valence electrons. The van der Waals surface area contributed by atoms with E-state index in [0.29, 0.717) is 24.3 Å². The molecule has 1 N–H and O–H groups in total. The Morgan fingerprint density at radius 3 is 2.83 bits per heavy atom. The third kappa shape index (κ3) is 2.99. The van der Waals surface area contributed by atoms with Crippen LogP contribution in [0.2, 0.25) is 0 Å². The fraction of sp³-hybridized carbons (Fsp3) is 0.500. The summed E-state index contributed by atoms with van der Waals surface area (Å²) in [4.78, 5) is 42.2. The van der Waals surface area contributed by atoms with Crippen molar-refractivity contribution in [1.29, 1.82) is 0 Å². The second kappa shape index (κ2) is 6.90. The van der Waals surface area contributed by atoms with Crippen molar-refractivity contribution in [2.24, 2.45) is 0 Å². The number of urea groups is 1. The van der Waals surface area contributed by atoms with Gasteiger partial charge in [-0.15, -0.1) is 0 Å². The van der Waals surface area contributed by atoms with Gasteiger partial charge in [0.05, 0.1) is 6.61 Å². The van der Waals surface area contributed by atoms with Crippen LogP contribution in [0.25, 0.3) is 0 Å². The van der Waals surface area contributed by atoms with Crippen LogP contribution in [-0.2, 0) is 15.1 Å². The van der Waals surface area contributed by atoms with Crippen molar-refractivity contribution in [2.45, 2.75) is 56.5 Å². The number of carbonyl (C=O) groups is 3. The van der Waals surface area contributed by atoms with Crippen molar-refractivity contribution in [3.05, 3.63) is 41.6 Å². The predicted molar refractivity (Wildman–Crippen MR) is 105 cm³/mol. The van der Waals surface area contributed by atoms with Gasteiger partial charge in [-0.25, -0.2) is 4.79 Å². The van der Waals surface area contributed by atoms with E-state index >= 15 is 0 Å². The fourth-order valence-corrected chi connectivity index (χ4v) is 4.70. The summed E-state index contributed by atoms with van der Waals surface area (Å²) in [7, 11) is 0. The summed E-state index contributed by atoms with van der Waals surface area (Å²) in [5, 5.41) is 2.87. The first-order valence-electron chi connectivity index (χ1n) is 10.5. The van der Waals surface area contributed by atoms with E-state index in [-0.39, 0.29) is 24.4 Å². The van der Waals surface area contributed by atoms with Crippen LogP contribution < -0.4 is 10.1 Å². The van der Waals surface area contributed by atoms with Crippen LogP contribution in [-0.4, -0.2) is 46.8 Å². The zero-order valence-electron chi connectivity index (χ0n) is 16.4. The molecule has 5 rings (SSSR count). The molecular formula is C22H25N3O4. The molecule has 2 aliphatic carbocycles. The SMILES string of the molecule is O=C1N[C@]2(CCOc3ccccc32)C(=O)N1CC(=O)N(C1=CCCCC1)C1CC1. The van der Waals surface area contributed by atoms with Gasteiger partial charge in [-0.05, 0) is 44.6 Å². The number of carbonyl (C=O) groups excluding carboxylic acids is 3. The van der Waals surface area contributed by atoms with Crippen LogP contribution in [0.1, 0.15) is 50.5 Å². The Labute approximate surface area is 169 Å². The van der Waals surface area contributed by atoms with Gasteiger partial charge in [0.2, 0.25) is 5.91 Å². The lowest BCUT2D eigenvalue weighted by molar-refractivity contribution is -0.139. The fourth-order valence-electron chi connectivity index (χ4n) is 4.70. The topological polar surface area (TPSA) is 79.0 Å². The Morgan fingerprint density at radius 2 is 2.07 bits per heavy atom. The number of allylic oxidation sites excluding steroid dienone is 2. The summed E-state index contributed by atoms with van der Waals surface area (Å²) in [5.41, 5.74) is 0.580. The largest absolute Gasteiger partial charge is 0.493 e. The van der Waals surface area contributed by atoms with Gasteiger partial charge in [0.15, 0.2) is 5.54 Å². The molecule has 29 heavy (non-hydrogen) atoms. The zero-order chi connectivity index (χ0) is 20.0. The molecule has 0 unspecified atom stereocenters. The molecule has 2 heterocycles. The third-order valence-corrected chi connectivity index (χ3v) is 6.31. The molecule has 2 aliphatic heterocycles. The number of amides is 4. The Bertz CT molecular complexity index is 907. The molecule has 1 saturated carbocycles. The molecule has 7 heteroatoms. The summed E-state index contributed by atoms with van der Waals surface area (Å²) in [5.74, 6) is 0.0778. The molecule has 0 aromatic heterocycles. The van der Waals surface area contributed by atoms with Crippen LogP contribution in [0.4, 0.5) is 4.79 Å². The van der Waals surface area contributed by atoms with Gasteiger partial charge in [-0.3, -0.25) is 14.5 Å². The van der Waals surface area contributed by atoms with E-state index < -0.39 is 11.6 Å². The number of ether oxygens (including phenoxy) is 1. The minimum Gasteiger partial charge on any atom is -0.493 e. The Balaban J connectivity index is 1.40. The zero-order valence-corrected chi connectivity index (χ0v) is 16.4. The lowest BCUT2D eigenvalue weighted by Crippen LogP contribution is -2.48. The van der Waals surface area contributed by atoms with Crippen LogP contribution in [0.3, 0.4) is 0 Å². The molecule has 4 aliphatic rings. The van der Waals surface area contributed by atoms with Gasteiger partial charge in [0, 0.05) is 23.7 Å². The minimum absolute atomic E-state index is 0.165. The number of hydrogen-bond donors (Lipinski definition) is 1. The summed E-state index contributed by atoms with van der Waals surface area (Å²) in [6, 6.07) is 6.98. The van der Waals surface area contributed by atoms with Crippen LogP contribution in [0.15, 0.2) is 36.0 Å². The van der Waals surface area contributed by atoms with Crippen molar-refractivity contribution in [3.63, 3.8) is 0 Å². The second-order valence-electron chi connectivity index (χ2n) is 8.26. The van der Waals surface area contributed by atoms with E-state index in [2.05, 4.69) is 11.4 Å². The number of benzene rings is 1. The number of nitrogens with one attached hydrogen (secondary N) is 1. The van der Waals surface area contributed by atoms with Gasteiger partial charge < -0.3 is 15.0 Å². The first-order chi connectivity index (χ1) is 14.1. The quantitative estimate of drug-likeness (QED) is 0.795. The highest BCUT2D eigenvalue weighted by Gasteiger charge is 2.55. The maximum atomic E-state index is 13.4. The summed E-state index contributed by atoms with van der Waals surface area (Å²) >= 11 is 0. The third-order valence-electron chi connectivity index (χ3n) is 6.31. The maximum absolute atomic E-state index is 13.4. The van der Waals surface area contributed by atoms with Gasteiger partial charge in [0.1, 0.15) is 12.3 Å². The molecular weight excluding hydrogens is 370 g/mol. The molecule has 7 nitrogen and oxygen atoms in total. The Morgan fingerprint density at radius 1 is 1.24 bits per heavy atom. The highest BCUT2D eigenvalue weighted by atomic mass is 16.5. The van der Waals surface area contributed by atoms with Gasteiger partial charge >= 0.3 is 6.03 Å². The van der Waals surface area contributed by atoms with Crippen molar-refractivity contribution in [2.75, 3.05) is 13.2 Å². The predicted octanol–water partition coefficient (Wildman–Crippen LogP) is 2.67. The highest BCUT2D eigenvalue weighted by Crippen LogP contribution is 2.41. The van der Waals surface area contributed by atoms with Crippen LogP contribution in [0, 0.1) is 0 Å². The van der Waals surface area contributed by atoms with E-state index in [0.717, 1.165) is 49.1 Å². The van der Waals surface area contributed by atoms with Gasteiger partial charge in [-0.1, -0.05) is 24.3 Å². The van der Waals surface area contributed by atoms with Gasteiger partial charge in [0.25, 0.3) is 5.91 Å². The molecule has 1 aromatic rings. The second-order valence-corrected chi connectivity index (χ2v) is 8.26. The molecule has 0 bridgehead atoms. The molecule has 1 aromatic carbocycles. The van der Waals surface area contributed by atoms with E-state index in [9.17, 15) is 14.4 Å². The average molecular weight is 395 g/mol. The van der Waals surface area contributed by atoms with Crippen LogP contribution >= 0.6 is 0 Å². The molecule has 2 fully saturated rings. The average Bonchev–Trinajstić information content (AvgIpc) is 3.54. The number of para-hydroxylation sites is 1. The minimum atomic E-state index is -1.14. The molecule has 4 amide bonds. The van der Waals surface area contributed by atoms with Crippen molar-refractivity contribution < 1.29 is 19.1 Å². The van der Waals surface area contributed by atoms with E-state index in [4.69, 9.17) is 4.74 Å². The standard InChI is InChI=1S/C22H25N3O4/c26-19(25(16-10-11-16)15-6-2-1-3-7-15)14-24-20(27)22(23-21(24)28)12-13-29-18-9-5-4-8-17(18)22/h4-6,8-9,16H,1-3,7,10-14H2,(H,23,28)/t22-/m0/s1. The monoisotopic (exact) mass is 395 g/mol. The normalized spacial score (nSPS) is 25.9. The van der Waals surface area contributed by atoms with Gasteiger partial charge in [-0.2, -0.15) is 0 Å². The highest BCUT2D eigenvalue weighted by molar-refractivity contribution is 6.09. The summed E-state index contributed by atoms with van der Waals surface area (Å²) < 4.78 is 5.66. The van der Waals surface area contributed by atoms with Crippen molar-refractivity contribution in [1.82, 2.24) is 15.1 Å². The number of fused-ring (bicyclic) bond motifs is 2. The Hall–Kier alpha value is -2.83. The van der Waals surface area contributed by atoms with Crippen molar-refractivity contribution >= 4 is 17.8 Å². The number of hydrogen-bond acceptors (Lipinski definition) is 4. The molecule has 1 atom stereocenters. The lowest BCUT2D eigenvalue weighted by atomic mass is 9.84. The summed E-state index contributed by atoms with van der Waals surface area (Å²) in [6.07, 6.45) is 8.55. The molecule has 0 radical (unpaired) electrons. The summed E-state index contributed by atoms with van der Waals surface area (Å²) in [6.45, 7) is 0.120. The van der Waals surface area contributed by atoms with Crippen molar-refractivity contribution in [3.8, 4) is 5.75 Å². The van der Waals surface area contributed by atoms with E-state index in [1.807, 2.05) is 17.0 Å². The molecule has 1 spiro atoms. The first-order valence-corrected chi connectivity index (χ1v) is 10.5. The number of nitrogens with zero attached hydrogens (tertiary/aromatic N) is 2. The van der Waals surface area contributed by atoms with E-state index in [1.165, 1.54) is 0 Å². The number of rotatable bonds is 4. The lowest BCUT2D eigenvalue weighted by Gasteiger charge is -2.33. The first kappa shape index (κ1) is 18.2. The Kier molecular flexibility index (Phi) is 4.33. The molecule has 1 saturated heterocycles. The smallest absolute Gasteiger partial charge is 0.325 e. The van der Waals surface area contributed by atoms with E-state index in [1.54, 1.807) is 12.1 Å².